The molecule has 0 radical (unpaired) electrons. The Morgan fingerprint density at radius 2 is 1.36 bits per heavy atom. The third-order valence-electron chi connectivity index (χ3n) is 3.56. The third-order valence-corrected chi connectivity index (χ3v) is 3.56. The summed E-state index contributed by atoms with van der Waals surface area (Å²) in [6.07, 6.45) is 1.23. The SMILES string of the molecule is CC.CC(=O)CCC(C)C(C)=O.CC(=O)c1ccc(C)cc1C(C)=O. The average molecular weight is 348 g/mol. The van der Waals surface area contributed by atoms with Crippen molar-refractivity contribution in [1.82, 2.24) is 0 Å². The van der Waals surface area contributed by atoms with Gasteiger partial charge in [-0.05, 0) is 47.1 Å². The first kappa shape index (κ1) is 25.1. The van der Waals surface area contributed by atoms with Crippen molar-refractivity contribution in [2.24, 2.45) is 5.92 Å². The number of benzene rings is 1. The van der Waals surface area contributed by atoms with Crippen molar-refractivity contribution in [1.29, 1.82) is 0 Å². The first-order valence-electron chi connectivity index (χ1n) is 8.68. The molecule has 0 spiro atoms. The summed E-state index contributed by atoms with van der Waals surface area (Å²) < 4.78 is 0. The van der Waals surface area contributed by atoms with E-state index in [2.05, 4.69) is 0 Å². The topological polar surface area (TPSA) is 68.3 Å². The normalized spacial score (nSPS) is 10.4. The van der Waals surface area contributed by atoms with Crippen LogP contribution in [0, 0.1) is 12.8 Å². The van der Waals surface area contributed by atoms with Crippen LogP contribution in [0.5, 0.6) is 0 Å². The number of aryl methyl sites for hydroxylation is 1. The molecule has 4 nitrogen and oxygen atoms in total. The van der Waals surface area contributed by atoms with Gasteiger partial charge >= 0.3 is 0 Å². The Morgan fingerprint density at radius 1 is 0.880 bits per heavy atom. The Bertz CT molecular complexity index is 600. The van der Waals surface area contributed by atoms with Crippen LogP contribution in [0.3, 0.4) is 0 Å². The predicted molar refractivity (Wildman–Crippen MR) is 102 cm³/mol. The van der Waals surface area contributed by atoms with Crippen LogP contribution >= 0.6 is 0 Å². The molecule has 0 aromatic heterocycles. The van der Waals surface area contributed by atoms with E-state index in [-0.39, 0.29) is 29.1 Å². The Labute approximate surface area is 152 Å². The molecule has 1 rings (SSSR count). The molecule has 0 amide bonds. The molecule has 140 valence electrons. The van der Waals surface area contributed by atoms with Crippen molar-refractivity contribution in [3.05, 3.63) is 34.9 Å². The molecule has 4 heteroatoms. The Morgan fingerprint density at radius 3 is 1.72 bits per heavy atom. The van der Waals surface area contributed by atoms with Crippen LogP contribution in [0.25, 0.3) is 0 Å². The maximum atomic E-state index is 11.2. The number of hydrogen-bond acceptors (Lipinski definition) is 4. The summed E-state index contributed by atoms with van der Waals surface area (Å²) in [6, 6.07) is 5.29. The smallest absolute Gasteiger partial charge is 0.160 e. The van der Waals surface area contributed by atoms with E-state index in [9.17, 15) is 19.2 Å². The number of carbonyl (C=O) groups is 4. The number of hydrogen-bond donors (Lipinski definition) is 0. The molecule has 1 aromatic carbocycles. The van der Waals surface area contributed by atoms with Gasteiger partial charge in [0, 0.05) is 23.5 Å². The van der Waals surface area contributed by atoms with E-state index in [4.69, 9.17) is 0 Å². The third kappa shape index (κ3) is 11.1. The molecular formula is C21H32O4. The van der Waals surface area contributed by atoms with E-state index in [1.807, 2.05) is 33.8 Å². The van der Waals surface area contributed by atoms with Gasteiger partial charge in [0.25, 0.3) is 0 Å². The molecule has 0 saturated heterocycles. The van der Waals surface area contributed by atoms with Crippen molar-refractivity contribution >= 4 is 23.1 Å². The molecule has 0 saturated carbocycles. The number of rotatable bonds is 6. The van der Waals surface area contributed by atoms with E-state index in [0.717, 1.165) is 5.56 Å². The molecule has 0 aliphatic rings. The van der Waals surface area contributed by atoms with Crippen molar-refractivity contribution < 1.29 is 19.2 Å². The van der Waals surface area contributed by atoms with Crippen molar-refractivity contribution in [3.8, 4) is 0 Å². The zero-order valence-corrected chi connectivity index (χ0v) is 16.9. The lowest BCUT2D eigenvalue weighted by atomic mass is 9.99. The molecule has 0 N–H and O–H groups in total. The van der Waals surface area contributed by atoms with Gasteiger partial charge in [0.1, 0.15) is 11.6 Å². The van der Waals surface area contributed by atoms with Gasteiger partial charge in [-0.3, -0.25) is 14.4 Å². The zero-order chi connectivity index (χ0) is 20.2. The number of ketones is 4. The molecule has 0 aliphatic heterocycles. The molecular weight excluding hydrogens is 316 g/mol. The molecule has 0 aliphatic carbocycles. The first-order chi connectivity index (χ1) is 11.6. The largest absolute Gasteiger partial charge is 0.300 e. The van der Waals surface area contributed by atoms with Gasteiger partial charge in [0.15, 0.2) is 11.6 Å². The lowest BCUT2D eigenvalue weighted by Gasteiger charge is -2.03. The second-order valence-electron chi connectivity index (χ2n) is 5.91. The van der Waals surface area contributed by atoms with Gasteiger partial charge in [-0.2, -0.15) is 0 Å². The number of Topliss-reactive ketones (excluding diaryl/α,β-unsaturated/α-hetero) is 4. The maximum Gasteiger partial charge on any atom is 0.160 e. The van der Waals surface area contributed by atoms with Gasteiger partial charge in [-0.25, -0.2) is 0 Å². The molecule has 0 bridgehead atoms. The Hall–Kier alpha value is -2.10. The highest BCUT2D eigenvalue weighted by Crippen LogP contribution is 2.13. The van der Waals surface area contributed by atoms with Gasteiger partial charge in [-0.1, -0.05) is 38.5 Å². The fourth-order valence-electron chi connectivity index (χ4n) is 1.88. The zero-order valence-electron chi connectivity index (χ0n) is 16.9. The summed E-state index contributed by atoms with van der Waals surface area (Å²) in [4.78, 5) is 43.4. The van der Waals surface area contributed by atoms with Crippen LogP contribution in [0.2, 0.25) is 0 Å². The van der Waals surface area contributed by atoms with E-state index in [0.29, 0.717) is 24.0 Å². The van der Waals surface area contributed by atoms with Gasteiger partial charge in [0.2, 0.25) is 0 Å². The highest BCUT2D eigenvalue weighted by molar-refractivity contribution is 6.07. The monoisotopic (exact) mass is 348 g/mol. The lowest BCUT2D eigenvalue weighted by molar-refractivity contribution is -0.121. The molecule has 1 aromatic rings. The van der Waals surface area contributed by atoms with Crippen LogP contribution < -0.4 is 0 Å². The van der Waals surface area contributed by atoms with Crippen molar-refractivity contribution in [2.75, 3.05) is 0 Å². The minimum atomic E-state index is -0.0646. The quantitative estimate of drug-likeness (QED) is 0.678. The Kier molecular flexibility index (Phi) is 13.3. The average Bonchev–Trinajstić information content (AvgIpc) is 2.54. The van der Waals surface area contributed by atoms with Gasteiger partial charge in [0.05, 0.1) is 0 Å². The summed E-state index contributed by atoms with van der Waals surface area (Å²) in [6.45, 7) is 13.8. The molecule has 25 heavy (non-hydrogen) atoms. The summed E-state index contributed by atoms with van der Waals surface area (Å²) >= 11 is 0. The van der Waals surface area contributed by atoms with Gasteiger partial charge in [-0.15, -0.1) is 0 Å². The van der Waals surface area contributed by atoms with E-state index in [1.54, 1.807) is 26.0 Å². The minimum Gasteiger partial charge on any atom is -0.300 e. The maximum absolute atomic E-state index is 11.2. The van der Waals surface area contributed by atoms with Crippen molar-refractivity contribution in [2.45, 2.75) is 68.2 Å². The highest BCUT2D eigenvalue weighted by atomic mass is 16.1. The molecule has 1 unspecified atom stereocenters. The first-order valence-corrected chi connectivity index (χ1v) is 8.68. The lowest BCUT2D eigenvalue weighted by Crippen LogP contribution is -2.07. The predicted octanol–water partition coefficient (Wildman–Crippen LogP) is 5.01. The van der Waals surface area contributed by atoms with Crippen LogP contribution in [0.1, 0.15) is 87.6 Å². The summed E-state index contributed by atoms with van der Waals surface area (Å²) in [5.41, 5.74) is 2.03. The second-order valence-corrected chi connectivity index (χ2v) is 5.91. The van der Waals surface area contributed by atoms with Crippen LogP contribution in [0.4, 0.5) is 0 Å². The molecule has 0 heterocycles. The fourth-order valence-corrected chi connectivity index (χ4v) is 1.88. The molecule has 0 fully saturated rings. The van der Waals surface area contributed by atoms with E-state index >= 15 is 0 Å². The summed E-state index contributed by atoms with van der Waals surface area (Å²) in [5, 5.41) is 0. The summed E-state index contributed by atoms with van der Waals surface area (Å²) in [5.74, 6) is 0.248. The van der Waals surface area contributed by atoms with Crippen LogP contribution in [-0.2, 0) is 9.59 Å². The van der Waals surface area contributed by atoms with Crippen molar-refractivity contribution in [3.63, 3.8) is 0 Å². The standard InChI is InChI=1S/C11H12O2.C8H14O2.C2H6/c1-7-4-5-10(8(2)12)11(6-7)9(3)13;1-6(8(3)10)4-5-7(2)9;1-2/h4-6H,1-3H3;6H,4-5H2,1-3H3;1-2H3. The highest BCUT2D eigenvalue weighted by Gasteiger charge is 2.10. The van der Waals surface area contributed by atoms with E-state index < -0.39 is 0 Å². The van der Waals surface area contributed by atoms with Gasteiger partial charge < -0.3 is 4.79 Å². The van der Waals surface area contributed by atoms with Crippen LogP contribution in [0.15, 0.2) is 18.2 Å². The molecule has 1 atom stereocenters. The summed E-state index contributed by atoms with van der Waals surface area (Å²) in [7, 11) is 0. The minimum absolute atomic E-state index is 0.0453. The fraction of sp³-hybridized carbons (Fsp3) is 0.524. The number of carbonyl (C=O) groups excluding carboxylic acids is 4. The van der Waals surface area contributed by atoms with Crippen LogP contribution in [-0.4, -0.2) is 23.1 Å². The second kappa shape index (κ2) is 13.2. The van der Waals surface area contributed by atoms with E-state index in [1.165, 1.54) is 13.8 Å². The Balaban J connectivity index is 0.